The summed E-state index contributed by atoms with van der Waals surface area (Å²) in [7, 11) is 0. The van der Waals surface area contributed by atoms with Gasteiger partial charge in [0.2, 0.25) is 0 Å². The largest absolute Gasteiger partial charge is 0.384 e. The lowest BCUT2D eigenvalue weighted by Gasteiger charge is -2.09. The Kier molecular flexibility index (Phi) is 3.67. The van der Waals surface area contributed by atoms with Crippen LogP contribution in [0.15, 0.2) is 30.6 Å². The highest BCUT2D eigenvalue weighted by Crippen LogP contribution is 2.21. The Morgan fingerprint density at radius 3 is 2.89 bits per heavy atom. The van der Waals surface area contributed by atoms with E-state index in [2.05, 4.69) is 11.9 Å². The van der Waals surface area contributed by atoms with Crippen molar-refractivity contribution in [2.45, 2.75) is 19.8 Å². The molecule has 4 nitrogen and oxygen atoms in total. The number of aromatic nitrogens is 2. The molecular weight excluding hydrogens is 248 g/mol. The second-order valence-corrected chi connectivity index (χ2v) is 4.45. The third kappa shape index (κ3) is 2.38. The minimum atomic E-state index is -0.0223. The first-order valence-electron chi connectivity index (χ1n) is 5.80. The second kappa shape index (κ2) is 5.23. The minimum Gasteiger partial charge on any atom is -0.384 e. The third-order valence-electron chi connectivity index (χ3n) is 2.71. The maximum absolute atomic E-state index is 7.40. The molecule has 5 heteroatoms. The van der Waals surface area contributed by atoms with Crippen LogP contribution in [0.3, 0.4) is 0 Å². The molecule has 0 atom stereocenters. The fourth-order valence-corrected chi connectivity index (χ4v) is 2.13. The van der Waals surface area contributed by atoms with E-state index in [4.69, 9.17) is 22.7 Å². The van der Waals surface area contributed by atoms with Crippen LogP contribution in [0.5, 0.6) is 0 Å². The SMILES string of the molecule is CCCc1nccn1-c1ccc(C(=N)N)c(Cl)c1. The molecule has 94 valence electrons. The fraction of sp³-hybridized carbons (Fsp3) is 0.231. The van der Waals surface area contributed by atoms with Crippen LogP contribution in [-0.4, -0.2) is 15.4 Å². The number of hydrogen-bond acceptors (Lipinski definition) is 2. The van der Waals surface area contributed by atoms with Gasteiger partial charge >= 0.3 is 0 Å². The Bertz CT molecular complexity index is 574. The van der Waals surface area contributed by atoms with Crippen molar-refractivity contribution in [2.75, 3.05) is 0 Å². The zero-order valence-corrected chi connectivity index (χ0v) is 10.9. The molecule has 0 aliphatic rings. The highest BCUT2D eigenvalue weighted by Gasteiger charge is 2.08. The number of nitrogens with zero attached hydrogens (tertiary/aromatic N) is 2. The predicted octanol–water partition coefficient (Wildman–Crippen LogP) is 2.76. The summed E-state index contributed by atoms with van der Waals surface area (Å²) < 4.78 is 2.00. The van der Waals surface area contributed by atoms with Gasteiger partial charge < -0.3 is 10.3 Å². The van der Waals surface area contributed by atoms with E-state index in [1.165, 1.54) is 0 Å². The van der Waals surface area contributed by atoms with Crippen molar-refractivity contribution >= 4 is 17.4 Å². The molecule has 0 fully saturated rings. The molecule has 0 aliphatic heterocycles. The minimum absolute atomic E-state index is 0.0223. The lowest BCUT2D eigenvalue weighted by molar-refractivity contribution is 0.809. The number of amidine groups is 1. The van der Waals surface area contributed by atoms with Gasteiger partial charge in [-0.3, -0.25) is 5.41 Å². The lowest BCUT2D eigenvalue weighted by atomic mass is 10.2. The molecule has 0 saturated carbocycles. The van der Waals surface area contributed by atoms with Crippen molar-refractivity contribution < 1.29 is 0 Å². The quantitative estimate of drug-likeness (QED) is 0.657. The predicted molar refractivity (Wildman–Crippen MR) is 73.6 cm³/mol. The summed E-state index contributed by atoms with van der Waals surface area (Å²) in [5, 5.41) is 7.89. The summed E-state index contributed by atoms with van der Waals surface area (Å²) >= 11 is 6.12. The molecule has 0 unspecified atom stereocenters. The smallest absolute Gasteiger partial charge is 0.124 e. The number of benzene rings is 1. The summed E-state index contributed by atoms with van der Waals surface area (Å²) in [6.45, 7) is 2.12. The molecule has 3 N–H and O–H groups in total. The van der Waals surface area contributed by atoms with E-state index in [1.54, 1.807) is 18.3 Å². The number of halogens is 1. The molecular formula is C13H15ClN4. The van der Waals surface area contributed by atoms with E-state index in [1.807, 2.05) is 16.8 Å². The van der Waals surface area contributed by atoms with Gasteiger partial charge in [-0.25, -0.2) is 4.98 Å². The van der Waals surface area contributed by atoms with Crippen molar-refractivity contribution in [2.24, 2.45) is 5.73 Å². The summed E-state index contributed by atoms with van der Waals surface area (Å²) in [6.07, 6.45) is 5.64. The average molecular weight is 263 g/mol. The molecule has 1 aromatic heterocycles. The van der Waals surface area contributed by atoms with Crippen LogP contribution in [-0.2, 0) is 6.42 Å². The summed E-state index contributed by atoms with van der Waals surface area (Å²) in [5.41, 5.74) is 6.93. The standard InChI is InChI=1S/C13H15ClN4/c1-2-3-12-17-6-7-18(12)9-4-5-10(13(15)16)11(14)8-9/h4-8H,2-3H2,1H3,(H3,15,16). The van der Waals surface area contributed by atoms with Crippen LogP contribution in [0.2, 0.25) is 5.02 Å². The molecule has 1 aromatic carbocycles. The summed E-state index contributed by atoms with van der Waals surface area (Å²) in [5.74, 6) is 0.982. The molecule has 0 bridgehead atoms. The average Bonchev–Trinajstić information content (AvgIpc) is 2.77. The Morgan fingerprint density at radius 2 is 2.28 bits per heavy atom. The fourth-order valence-electron chi connectivity index (χ4n) is 1.85. The topological polar surface area (TPSA) is 67.7 Å². The first kappa shape index (κ1) is 12.6. The Balaban J connectivity index is 2.42. The van der Waals surface area contributed by atoms with Crippen LogP contribution in [0.4, 0.5) is 0 Å². The van der Waals surface area contributed by atoms with Crippen LogP contribution in [0.25, 0.3) is 5.69 Å². The number of rotatable bonds is 4. The van der Waals surface area contributed by atoms with Gasteiger partial charge in [0.25, 0.3) is 0 Å². The highest BCUT2D eigenvalue weighted by atomic mass is 35.5. The Labute approximate surface area is 111 Å². The zero-order valence-electron chi connectivity index (χ0n) is 10.2. The van der Waals surface area contributed by atoms with Gasteiger partial charge in [0.15, 0.2) is 0 Å². The van der Waals surface area contributed by atoms with Crippen LogP contribution in [0, 0.1) is 5.41 Å². The molecule has 0 spiro atoms. The number of nitrogens with two attached hydrogens (primary N) is 1. The van der Waals surface area contributed by atoms with Gasteiger partial charge in [-0.1, -0.05) is 18.5 Å². The zero-order chi connectivity index (χ0) is 13.1. The number of aryl methyl sites for hydroxylation is 1. The van der Waals surface area contributed by atoms with E-state index in [-0.39, 0.29) is 5.84 Å². The molecule has 1 heterocycles. The van der Waals surface area contributed by atoms with Crippen molar-refractivity contribution in [3.05, 3.63) is 47.0 Å². The van der Waals surface area contributed by atoms with Crippen molar-refractivity contribution in [3.63, 3.8) is 0 Å². The normalized spacial score (nSPS) is 10.6. The van der Waals surface area contributed by atoms with E-state index in [0.29, 0.717) is 10.6 Å². The van der Waals surface area contributed by atoms with Crippen molar-refractivity contribution in [1.82, 2.24) is 9.55 Å². The summed E-state index contributed by atoms with van der Waals surface area (Å²) in [4.78, 5) is 4.32. The van der Waals surface area contributed by atoms with E-state index >= 15 is 0 Å². The van der Waals surface area contributed by atoms with E-state index in [9.17, 15) is 0 Å². The molecule has 18 heavy (non-hydrogen) atoms. The molecule has 0 saturated heterocycles. The first-order valence-corrected chi connectivity index (χ1v) is 6.17. The highest BCUT2D eigenvalue weighted by molar-refractivity contribution is 6.34. The number of imidazole rings is 1. The monoisotopic (exact) mass is 262 g/mol. The third-order valence-corrected chi connectivity index (χ3v) is 3.02. The molecule has 0 amide bonds. The van der Waals surface area contributed by atoms with Gasteiger partial charge in [-0.15, -0.1) is 0 Å². The number of nitrogen functional groups attached to an aromatic ring is 1. The Morgan fingerprint density at radius 1 is 1.50 bits per heavy atom. The van der Waals surface area contributed by atoms with Gasteiger partial charge in [-0.2, -0.15) is 0 Å². The van der Waals surface area contributed by atoms with Crippen LogP contribution in [0.1, 0.15) is 24.7 Å². The van der Waals surface area contributed by atoms with Crippen molar-refractivity contribution in [3.8, 4) is 5.69 Å². The second-order valence-electron chi connectivity index (χ2n) is 4.04. The van der Waals surface area contributed by atoms with Gasteiger partial charge in [0.1, 0.15) is 11.7 Å². The summed E-state index contributed by atoms with van der Waals surface area (Å²) in [6, 6.07) is 5.46. The van der Waals surface area contributed by atoms with E-state index in [0.717, 1.165) is 24.4 Å². The van der Waals surface area contributed by atoms with E-state index < -0.39 is 0 Å². The Hall–Kier alpha value is -1.81. The number of hydrogen-bond donors (Lipinski definition) is 2. The van der Waals surface area contributed by atoms with Gasteiger partial charge in [0, 0.05) is 30.1 Å². The van der Waals surface area contributed by atoms with Gasteiger partial charge in [-0.05, 0) is 24.6 Å². The molecule has 2 rings (SSSR count). The number of nitrogens with one attached hydrogen (secondary N) is 1. The molecule has 0 radical (unpaired) electrons. The molecule has 0 aliphatic carbocycles. The molecule has 2 aromatic rings. The van der Waals surface area contributed by atoms with Crippen molar-refractivity contribution in [1.29, 1.82) is 5.41 Å². The maximum Gasteiger partial charge on any atom is 0.124 e. The van der Waals surface area contributed by atoms with Crippen LogP contribution < -0.4 is 5.73 Å². The maximum atomic E-state index is 7.40. The first-order chi connectivity index (χ1) is 8.63. The van der Waals surface area contributed by atoms with Gasteiger partial charge in [0.05, 0.1) is 5.02 Å². The lowest BCUT2D eigenvalue weighted by Crippen LogP contribution is -2.12. The van der Waals surface area contributed by atoms with Crippen LogP contribution >= 0.6 is 11.6 Å².